The van der Waals surface area contributed by atoms with Crippen molar-refractivity contribution < 1.29 is 13.2 Å². The number of sulfonamides is 1. The van der Waals surface area contributed by atoms with E-state index in [9.17, 15) is 13.2 Å². The number of amides is 1. The first-order chi connectivity index (χ1) is 11.8. The van der Waals surface area contributed by atoms with Gasteiger partial charge in [-0.2, -0.15) is 0 Å². The molecule has 0 radical (unpaired) electrons. The van der Waals surface area contributed by atoms with E-state index in [-0.39, 0.29) is 5.91 Å². The molecule has 0 spiro atoms. The minimum absolute atomic E-state index is 0.0345. The fourth-order valence-corrected chi connectivity index (χ4v) is 2.99. The first-order valence-electron chi connectivity index (χ1n) is 8.25. The predicted octanol–water partition coefficient (Wildman–Crippen LogP) is 3.72. The second-order valence-corrected chi connectivity index (χ2v) is 7.94. The van der Waals surface area contributed by atoms with Crippen molar-refractivity contribution in [2.24, 2.45) is 0 Å². The number of rotatable bonds is 8. The summed E-state index contributed by atoms with van der Waals surface area (Å²) >= 11 is 0. The highest BCUT2D eigenvalue weighted by Gasteiger charge is 2.04. The molecule has 0 aliphatic heterocycles. The van der Waals surface area contributed by atoms with Crippen molar-refractivity contribution in [3.63, 3.8) is 0 Å². The maximum Gasteiger partial charge on any atom is 0.229 e. The Morgan fingerprint density at radius 1 is 0.920 bits per heavy atom. The van der Waals surface area contributed by atoms with Gasteiger partial charge >= 0.3 is 0 Å². The van der Waals surface area contributed by atoms with E-state index in [2.05, 4.69) is 41.2 Å². The molecule has 2 aromatic carbocycles. The molecule has 2 aromatic rings. The van der Waals surface area contributed by atoms with Crippen LogP contribution in [-0.4, -0.2) is 20.6 Å². The van der Waals surface area contributed by atoms with Crippen molar-refractivity contribution >= 4 is 27.3 Å². The van der Waals surface area contributed by atoms with E-state index in [1.165, 1.54) is 11.1 Å². The van der Waals surface area contributed by atoms with Gasteiger partial charge in [-0.3, -0.25) is 9.52 Å². The normalized spacial score (nSPS) is 11.1. The van der Waals surface area contributed by atoms with E-state index in [0.29, 0.717) is 17.8 Å². The van der Waals surface area contributed by atoms with E-state index in [4.69, 9.17) is 0 Å². The molecule has 1 amide bonds. The second kappa shape index (κ2) is 8.67. The molecule has 25 heavy (non-hydrogen) atoms. The standard InChI is InChI=1S/C19H24N2O3S/c1-15-7-9-16(10-8-15)5-3-4-6-19(22)20-17-11-13-18(14-12-17)21-25(2,23)24/h7-14,21H,3-6H2,1-2H3,(H,20,22). The van der Waals surface area contributed by atoms with Crippen molar-refractivity contribution in [2.45, 2.75) is 32.6 Å². The number of nitrogens with one attached hydrogen (secondary N) is 2. The van der Waals surface area contributed by atoms with Gasteiger partial charge in [0.15, 0.2) is 0 Å². The molecule has 5 nitrogen and oxygen atoms in total. The SMILES string of the molecule is Cc1ccc(CCCCC(=O)Nc2ccc(NS(C)(=O)=O)cc2)cc1. The van der Waals surface area contributed by atoms with Gasteiger partial charge in [-0.15, -0.1) is 0 Å². The van der Waals surface area contributed by atoms with E-state index < -0.39 is 10.0 Å². The summed E-state index contributed by atoms with van der Waals surface area (Å²) in [7, 11) is -3.29. The fraction of sp³-hybridized carbons (Fsp3) is 0.316. The summed E-state index contributed by atoms with van der Waals surface area (Å²) in [6.07, 6.45) is 4.33. The number of benzene rings is 2. The van der Waals surface area contributed by atoms with Crippen LogP contribution in [0.15, 0.2) is 48.5 Å². The lowest BCUT2D eigenvalue weighted by Crippen LogP contribution is -2.12. The number of hydrogen-bond donors (Lipinski definition) is 2. The average Bonchev–Trinajstić information content (AvgIpc) is 2.54. The molecule has 0 unspecified atom stereocenters. The molecule has 0 saturated carbocycles. The highest BCUT2D eigenvalue weighted by Crippen LogP contribution is 2.15. The van der Waals surface area contributed by atoms with E-state index in [0.717, 1.165) is 25.5 Å². The molecule has 6 heteroatoms. The molecule has 0 bridgehead atoms. The summed E-state index contributed by atoms with van der Waals surface area (Å²) in [6.45, 7) is 2.07. The molecule has 0 aliphatic rings. The minimum Gasteiger partial charge on any atom is -0.326 e. The van der Waals surface area contributed by atoms with E-state index >= 15 is 0 Å². The minimum atomic E-state index is -3.29. The molecular weight excluding hydrogens is 336 g/mol. The van der Waals surface area contributed by atoms with Crippen LogP contribution in [0.2, 0.25) is 0 Å². The second-order valence-electron chi connectivity index (χ2n) is 6.19. The molecular formula is C19H24N2O3S. The van der Waals surface area contributed by atoms with Gasteiger partial charge in [0.1, 0.15) is 0 Å². The maximum absolute atomic E-state index is 12.0. The van der Waals surface area contributed by atoms with Gasteiger partial charge in [-0.05, 0) is 56.0 Å². The lowest BCUT2D eigenvalue weighted by atomic mass is 10.1. The Hall–Kier alpha value is -2.34. The zero-order valence-electron chi connectivity index (χ0n) is 14.6. The number of anilines is 2. The van der Waals surface area contributed by atoms with Crippen LogP contribution in [-0.2, 0) is 21.2 Å². The van der Waals surface area contributed by atoms with Crippen molar-refractivity contribution in [2.75, 3.05) is 16.3 Å². The molecule has 2 rings (SSSR count). The van der Waals surface area contributed by atoms with Crippen LogP contribution in [0.5, 0.6) is 0 Å². The van der Waals surface area contributed by atoms with E-state index in [1.807, 2.05) is 0 Å². The summed E-state index contributed by atoms with van der Waals surface area (Å²) in [4.78, 5) is 12.0. The Bertz CT molecular complexity index is 798. The zero-order valence-corrected chi connectivity index (χ0v) is 15.4. The van der Waals surface area contributed by atoms with Gasteiger partial charge in [-0.25, -0.2) is 8.42 Å². The van der Waals surface area contributed by atoms with Crippen LogP contribution in [0.4, 0.5) is 11.4 Å². The molecule has 0 atom stereocenters. The molecule has 0 aliphatic carbocycles. The van der Waals surface area contributed by atoms with Crippen molar-refractivity contribution in [1.29, 1.82) is 0 Å². The third-order valence-corrected chi connectivity index (χ3v) is 4.32. The van der Waals surface area contributed by atoms with E-state index in [1.54, 1.807) is 24.3 Å². The largest absolute Gasteiger partial charge is 0.326 e. The van der Waals surface area contributed by atoms with Gasteiger partial charge in [-0.1, -0.05) is 29.8 Å². The summed E-state index contributed by atoms with van der Waals surface area (Å²) in [5, 5.41) is 2.82. The first kappa shape index (κ1) is 19.0. The van der Waals surface area contributed by atoms with Crippen LogP contribution in [0, 0.1) is 6.92 Å². The van der Waals surface area contributed by atoms with Crippen LogP contribution < -0.4 is 10.0 Å². The average molecular weight is 360 g/mol. The number of carbonyl (C=O) groups excluding carboxylic acids is 1. The Balaban J connectivity index is 1.72. The topological polar surface area (TPSA) is 75.3 Å². The highest BCUT2D eigenvalue weighted by atomic mass is 32.2. The summed E-state index contributed by atoms with van der Waals surface area (Å²) in [5.41, 5.74) is 3.67. The fourth-order valence-electron chi connectivity index (χ4n) is 2.43. The Labute approximate surface area is 149 Å². The van der Waals surface area contributed by atoms with Gasteiger partial charge in [0.2, 0.25) is 15.9 Å². The first-order valence-corrected chi connectivity index (χ1v) is 10.1. The van der Waals surface area contributed by atoms with Crippen LogP contribution in [0.1, 0.15) is 30.4 Å². The van der Waals surface area contributed by atoms with Gasteiger partial charge in [0.25, 0.3) is 0 Å². The molecule has 0 aromatic heterocycles. The van der Waals surface area contributed by atoms with Crippen molar-refractivity contribution in [3.05, 3.63) is 59.7 Å². The number of unbranched alkanes of at least 4 members (excludes halogenated alkanes) is 1. The number of carbonyl (C=O) groups is 1. The third kappa shape index (κ3) is 7.39. The summed E-state index contributed by atoms with van der Waals surface area (Å²) in [5.74, 6) is -0.0345. The van der Waals surface area contributed by atoms with Crippen molar-refractivity contribution in [3.8, 4) is 0 Å². The summed E-state index contributed by atoms with van der Waals surface area (Å²) in [6, 6.07) is 15.1. The molecule has 2 N–H and O–H groups in total. The smallest absolute Gasteiger partial charge is 0.229 e. The predicted molar refractivity (Wildman–Crippen MR) is 102 cm³/mol. The van der Waals surface area contributed by atoms with Gasteiger partial charge in [0, 0.05) is 17.8 Å². The monoisotopic (exact) mass is 360 g/mol. The Morgan fingerprint density at radius 3 is 2.12 bits per heavy atom. The van der Waals surface area contributed by atoms with Crippen LogP contribution in [0.3, 0.4) is 0 Å². The lowest BCUT2D eigenvalue weighted by molar-refractivity contribution is -0.116. The number of hydrogen-bond acceptors (Lipinski definition) is 3. The molecule has 0 fully saturated rings. The molecule has 0 heterocycles. The quantitative estimate of drug-likeness (QED) is 0.705. The van der Waals surface area contributed by atoms with Crippen molar-refractivity contribution in [1.82, 2.24) is 0 Å². The third-order valence-electron chi connectivity index (χ3n) is 3.71. The zero-order chi connectivity index (χ0) is 18.3. The Kier molecular flexibility index (Phi) is 6.58. The molecule has 0 saturated heterocycles. The number of aryl methyl sites for hydroxylation is 2. The summed E-state index contributed by atoms with van der Waals surface area (Å²) < 4.78 is 24.7. The van der Waals surface area contributed by atoms with Gasteiger partial charge < -0.3 is 5.32 Å². The van der Waals surface area contributed by atoms with Crippen LogP contribution >= 0.6 is 0 Å². The lowest BCUT2D eigenvalue weighted by Gasteiger charge is -2.07. The maximum atomic E-state index is 12.0. The highest BCUT2D eigenvalue weighted by molar-refractivity contribution is 7.92. The molecule has 134 valence electrons. The van der Waals surface area contributed by atoms with Gasteiger partial charge in [0.05, 0.1) is 6.26 Å². The van der Waals surface area contributed by atoms with Crippen LogP contribution in [0.25, 0.3) is 0 Å². The Morgan fingerprint density at radius 2 is 1.52 bits per heavy atom.